The molecule has 0 saturated heterocycles. The second kappa shape index (κ2) is 43.3. The summed E-state index contributed by atoms with van der Waals surface area (Å²) in [6.45, 7) is 18.0. The van der Waals surface area contributed by atoms with E-state index in [0.717, 1.165) is 103 Å². The van der Waals surface area contributed by atoms with E-state index in [9.17, 15) is 36.0 Å². The maximum Gasteiger partial charge on any atom is 1.00 e. The fraction of sp³-hybridized carbons (Fsp3) is 0.623. The Kier molecular flexibility index (Phi) is 42.6. The fourth-order valence-corrected chi connectivity index (χ4v) is 11.0. The Morgan fingerprint density at radius 2 is 0.955 bits per heavy atom. The Hall–Kier alpha value is -3.56. The molecule has 3 unspecified atom stereocenters. The van der Waals surface area contributed by atoms with Crippen LogP contribution in [0.1, 0.15) is 229 Å². The van der Waals surface area contributed by atoms with E-state index in [1.807, 2.05) is 33.5 Å². The van der Waals surface area contributed by atoms with Crippen molar-refractivity contribution in [2.75, 3.05) is 34.3 Å². The SMILES string of the molecule is C.C.CBr.CCc1c(C2CC=C(C)CC2)[nH]c(=O)[nH]c1=O.CCc1c(OC)nc(C)nc1C1CC=C(C)CC1.CCc1c(OC)nc(C)nc1C1CC=C(OS(=O)(=O)C(F)(F)F)CC1.CCc1c(OC)nc(C)nc1C1CCC(=O)CC1.CO[B]O.[H-].[HH].[K+].[V]. The Morgan fingerprint density at radius 1 is 0.602 bits per heavy atom. The molecule has 0 spiro atoms. The van der Waals surface area contributed by atoms with E-state index in [2.05, 4.69) is 104 Å². The summed E-state index contributed by atoms with van der Waals surface area (Å²) in [5, 5.41) is 7.53. The molecule has 4 heterocycles. The number of halogens is 4. The van der Waals surface area contributed by atoms with Gasteiger partial charge in [-0.1, -0.05) is 81.8 Å². The minimum Gasteiger partial charge on any atom is -1.00 e. The van der Waals surface area contributed by atoms with Crippen molar-refractivity contribution < 1.29 is 127 Å². The number of Topliss-reactive ketones (excluding diaryl/α,β-unsaturated/α-hetero) is 1. The van der Waals surface area contributed by atoms with Crippen LogP contribution in [-0.4, -0.2) is 107 Å². The van der Waals surface area contributed by atoms with Gasteiger partial charge in [0, 0.05) is 98.0 Å². The van der Waals surface area contributed by atoms with Crippen LogP contribution in [0, 0.1) is 20.8 Å². The van der Waals surface area contributed by atoms with Crippen LogP contribution in [0.3, 0.4) is 0 Å². The normalized spacial score (nSPS) is 17.0. The summed E-state index contributed by atoms with van der Waals surface area (Å²) < 4.78 is 83.5. The third-order valence-corrected chi connectivity index (χ3v) is 15.8. The van der Waals surface area contributed by atoms with Gasteiger partial charge in [-0.05, 0) is 136 Å². The zero-order valence-electron chi connectivity index (χ0n) is 53.7. The van der Waals surface area contributed by atoms with Crippen molar-refractivity contribution in [3.05, 3.63) is 118 Å². The molecule has 490 valence electrons. The number of allylic oxidation sites excluding steroid dienone is 6. The van der Waals surface area contributed by atoms with E-state index in [1.54, 1.807) is 21.1 Å². The minimum atomic E-state index is -5.62. The van der Waals surface area contributed by atoms with Crippen molar-refractivity contribution >= 4 is 39.5 Å². The Bertz CT molecular complexity index is 3140. The summed E-state index contributed by atoms with van der Waals surface area (Å²) in [6.07, 6.45) is 19.4. The number of methoxy groups -OCH3 is 3. The van der Waals surface area contributed by atoms with E-state index in [4.69, 9.17) is 19.2 Å². The smallest absolute Gasteiger partial charge is 1.00 e. The zero-order valence-corrected chi connectivity index (χ0v) is 59.6. The average Bonchev–Trinajstić information content (AvgIpc) is 2.29. The number of ketones is 1. The van der Waals surface area contributed by atoms with E-state index in [-0.39, 0.29) is 117 Å². The van der Waals surface area contributed by atoms with Crippen molar-refractivity contribution in [3.8, 4) is 17.6 Å². The van der Waals surface area contributed by atoms with Crippen molar-refractivity contribution in [2.24, 2.45) is 0 Å². The molecule has 1 fully saturated rings. The number of rotatable bonds is 14. The van der Waals surface area contributed by atoms with Crippen molar-refractivity contribution in [1.29, 1.82) is 0 Å². The summed E-state index contributed by atoms with van der Waals surface area (Å²) in [7, 11) is 1.23. The van der Waals surface area contributed by atoms with Crippen molar-refractivity contribution in [3.63, 3.8) is 0 Å². The summed E-state index contributed by atoms with van der Waals surface area (Å²) in [4.78, 5) is 66.2. The number of nitrogens with one attached hydrogen (secondary N) is 2. The zero-order chi connectivity index (χ0) is 62.9. The number of alkyl halides is 4. The molecule has 0 aliphatic heterocycles. The summed E-state index contributed by atoms with van der Waals surface area (Å²) in [5.74, 6) is 7.15. The predicted octanol–water partition coefficient (Wildman–Crippen LogP) is 10.2. The molecule has 1 saturated carbocycles. The van der Waals surface area contributed by atoms with Gasteiger partial charge in [-0.2, -0.15) is 36.5 Å². The van der Waals surface area contributed by atoms with Gasteiger partial charge in [0.05, 0.1) is 38.4 Å². The minimum absolute atomic E-state index is 0. The van der Waals surface area contributed by atoms with Gasteiger partial charge in [-0.3, -0.25) is 14.6 Å². The van der Waals surface area contributed by atoms with Crippen LogP contribution < -0.4 is 76.8 Å². The molecule has 2 radical (unpaired) electrons. The van der Waals surface area contributed by atoms with Gasteiger partial charge in [0.2, 0.25) is 17.6 Å². The van der Waals surface area contributed by atoms with Crippen molar-refractivity contribution in [2.45, 2.75) is 216 Å². The molecule has 88 heavy (non-hydrogen) atoms. The standard InChI is InChI=1S/C15H19F3N2O4S.C15H22N2O.C14H20N2O2.C13H18N2O2.CH4BO2.CH3Br.2CH4.K.V.H2.H/c1-4-12-13(19-9(2)20-14(12)23-3)10-5-7-11(8-6-10)24-25(21,22)15(16,17)18;1-5-13-14(12-8-6-10(2)7-9-12)16-11(3)17-15(13)18-4;1-4-12-13(10-5-7-11(17)8-6-10)15-9(2)16-14(12)18-3;1-3-10-11(14-13(17)15-12(10)16)9-6-4-8(2)5-7-9;1-4-2-3;1-2;;;;;;/h7,10H,4-6,8H2,1-3H3;6,12H,5,7-9H2,1-4H3;10H,4-8H2,1-3H3;4,9H,3,5-7H2,1-2H3,(H2,14,15,16,17);3H,1H3;1H3;2*1H4;;;1H;/q;;;;;;;;+1;;;-1. The van der Waals surface area contributed by atoms with Gasteiger partial charge in [0.25, 0.3) is 5.56 Å². The number of nitrogens with zero attached hydrogens (tertiary/aromatic N) is 6. The molecule has 4 aromatic rings. The molecular weight excluding hydrogens is 1290 g/mol. The first kappa shape index (κ1) is 86.5. The van der Waals surface area contributed by atoms with Crippen LogP contribution >= 0.6 is 15.9 Å². The molecule has 19 nitrogen and oxygen atoms in total. The van der Waals surface area contributed by atoms with Crippen LogP contribution in [0.4, 0.5) is 13.2 Å². The first-order valence-corrected chi connectivity index (χ1v) is 31.4. The Labute approximate surface area is 587 Å². The quantitative estimate of drug-likeness (QED) is 0.0348. The van der Waals surface area contributed by atoms with Crippen LogP contribution in [0.15, 0.2) is 44.7 Å². The van der Waals surface area contributed by atoms with Crippen LogP contribution in [-0.2, 0) is 68.0 Å². The second-order valence-corrected chi connectivity index (χ2v) is 22.0. The van der Waals surface area contributed by atoms with Gasteiger partial charge in [-0.25, -0.2) is 19.7 Å². The number of aromatic amines is 2. The van der Waals surface area contributed by atoms with Gasteiger partial charge < -0.3 is 34.5 Å². The predicted molar refractivity (Wildman–Crippen MR) is 339 cm³/mol. The molecule has 0 amide bonds. The number of H-pyrrole nitrogens is 2. The van der Waals surface area contributed by atoms with E-state index >= 15 is 0 Å². The maximum absolute atomic E-state index is 12.4. The molecule has 8 rings (SSSR count). The molecule has 0 aromatic carbocycles. The summed E-state index contributed by atoms with van der Waals surface area (Å²) in [6, 6.07) is 0. The Balaban J connectivity index is -0.000000525. The van der Waals surface area contributed by atoms with Crippen LogP contribution in [0.25, 0.3) is 0 Å². The summed E-state index contributed by atoms with van der Waals surface area (Å²) in [5.41, 5.74) is 4.59. The molecule has 3 atom stereocenters. The maximum atomic E-state index is 12.4. The molecule has 3 N–H and O–H groups in total. The molecule has 4 aliphatic carbocycles. The second-order valence-electron chi connectivity index (χ2n) is 20.5. The van der Waals surface area contributed by atoms with Crippen molar-refractivity contribution in [1.82, 2.24) is 39.9 Å². The number of ether oxygens (including phenoxy) is 3. The van der Waals surface area contributed by atoms with E-state index in [1.165, 1.54) is 55.5 Å². The third kappa shape index (κ3) is 25.8. The molecule has 27 heteroatoms. The number of aryl methyl sites for hydroxylation is 3. The fourth-order valence-electron chi connectivity index (χ4n) is 10.5. The topological polar surface area (TPSA) is 261 Å². The Morgan fingerprint density at radius 3 is 1.27 bits per heavy atom. The van der Waals surface area contributed by atoms with Gasteiger partial charge in [-0.15, -0.1) is 0 Å². The van der Waals surface area contributed by atoms with Crippen LogP contribution in [0.2, 0.25) is 0 Å². The van der Waals surface area contributed by atoms with Gasteiger partial charge >= 0.3 is 80.4 Å². The first-order chi connectivity index (χ1) is 39.9. The number of hydrogen-bond acceptors (Lipinski definition) is 17. The van der Waals surface area contributed by atoms with E-state index in [0.29, 0.717) is 81.4 Å². The third-order valence-electron chi connectivity index (χ3n) is 14.8. The van der Waals surface area contributed by atoms with Crippen LogP contribution in [0.5, 0.6) is 17.6 Å². The average molecular weight is 1390 g/mol. The monoisotopic (exact) mass is 1390 g/mol. The molecule has 4 aliphatic rings. The van der Waals surface area contributed by atoms with Gasteiger partial charge in [0.15, 0.2) is 0 Å². The van der Waals surface area contributed by atoms with Gasteiger partial charge in [0.1, 0.15) is 29.0 Å². The molecule has 4 aromatic heterocycles. The number of carbonyl (C=O) groups is 1. The molecular formula is C61H97BBrF3KN8O11SV. The number of carbonyl (C=O) groups excluding carboxylic acids is 1. The number of hydrogen-bond donors (Lipinski definition) is 3. The first-order valence-electron chi connectivity index (χ1n) is 28.4. The largest absolute Gasteiger partial charge is 1.00 e. The number of aromatic nitrogens is 8. The summed E-state index contributed by atoms with van der Waals surface area (Å²) >= 11 is 2.94. The van der Waals surface area contributed by atoms with E-state index < -0.39 is 21.3 Å². The molecule has 0 bridgehead atoms.